The van der Waals surface area contributed by atoms with Gasteiger partial charge in [-0.15, -0.1) is 11.3 Å². The number of aryl methyl sites for hydroxylation is 1. The molecule has 1 aliphatic rings. The van der Waals surface area contributed by atoms with Gasteiger partial charge >= 0.3 is 5.97 Å². The average Bonchev–Trinajstić information content (AvgIpc) is 3.43. The van der Waals surface area contributed by atoms with Crippen LogP contribution in [0.25, 0.3) is 6.08 Å². The second kappa shape index (κ2) is 11.6. The Morgan fingerprint density at radius 3 is 2.71 bits per heavy atom. The summed E-state index contributed by atoms with van der Waals surface area (Å²) in [5.74, 6) is 0.431. The predicted molar refractivity (Wildman–Crippen MR) is 141 cm³/mol. The molecule has 2 aromatic carbocycles. The lowest BCUT2D eigenvalue weighted by molar-refractivity contribution is -0.111. The molecule has 0 radical (unpaired) electrons. The molecular weight excluding hydrogens is 530 g/mol. The maximum absolute atomic E-state index is 12.7. The first-order valence-electron chi connectivity index (χ1n) is 11.3. The fourth-order valence-corrected chi connectivity index (χ4v) is 5.80. The van der Waals surface area contributed by atoms with E-state index in [2.05, 4.69) is 21.2 Å². The summed E-state index contributed by atoms with van der Waals surface area (Å²) in [5, 5.41) is 3.41. The van der Waals surface area contributed by atoms with Crippen molar-refractivity contribution in [2.24, 2.45) is 0 Å². The van der Waals surface area contributed by atoms with Crippen LogP contribution in [0, 0.1) is 0 Å². The maximum Gasteiger partial charge on any atom is 0.341 e. The molecule has 1 heterocycles. The van der Waals surface area contributed by atoms with Crippen LogP contribution in [0.15, 0.2) is 53.0 Å². The molecule has 6 nitrogen and oxygen atoms in total. The van der Waals surface area contributed by atoms with Gasteiger partial charge in [0.05, 0.1) is 23.8 Å². The molecule has 35 heavy (non-hydrogen) atoms. The molecule has 4 rings (SSSR count). The number of rotatable bonds is 9. The summed E-state index contributed by atoms with van der Waals surface area (Å²) in [6, 6.07) is 13.5. The SMILES string of the molecule is CCOC(=O)c1c(NC(=O)/C=C/c2cc(Br)c(OCc3ccccc3)c(OC)c2)sc2c1CCC2. The normalized spacial score (nSPS) is 12.4. The van der Waals surface area contributed by atoms with E-state index < -0.39 is 0 Å². The summed E-state index contributed by atoms with van der Waals surface area (Å²) in [5.41, 5.74) is 3.31. The molecule has 0 aliphatic heterocycles. The summed E-state index contributed by atoms with van der Waals surface area (Å²) in [7, 11) is 1.57. The Morgan fingerprint density at radius 1 is 1.17 bits per heavy atom. The molecule has 0 fully saturated rings. The number of esters is 1. The zero-order valence-corrected chi connectivity index (χ0v) is 22.0. The number of halogens is 1. The molecule has 0 saturated carbocycles. The Kier molecular flexibility index (Phi) is 8.25. The zero-order chi connectivity index (χ0) is 24.8. The molecule has 3 aromatic rings. The molecule has 0 atom stereocenters. The largest absolute Gasteiger partial charge is 0.493 e. The molecule has 1 aliphatic carbocycles. The molecule has 0 unspecified atom stereocenters. The molecule has 0 saturated heterocycles. The van der Waals surface area contributed by atoms with Gasteiger partial charge in [0, 0.05) is 11.0 Å². The molecule has 1 amide bonds. The van der Waals surface area contributed by atoms with E-state index in [4.69, 9.17) is 14.2 Å². The van der Waals surface area contributed by atoms with E-state index in [-0.39, 0.29) is 11.9 Å². The highest BCUT2D eigenvalue weighted by atomic mass is 79.9. The van der Waals surface area contributed by atoms with Crippen LogP contribution in [0.5, 0.6) is 11.5 Å². The standard InChI is InChI=1S/C27H26BrNO5S/c1-3-33-27(31)24-19-10-7-11-22(19)35-26(24)29-23(30)13-12-18-14-20(28)25(21(15-18)32-2)34-16-17-8-5-4-6-9-17/h4-6,8-9,12-15H,3,7,10-11,16H2,1-2H3,(H,29,30)/b13-12+. The Labute approximate surface area is 217 Å². The molecular formula is C27H26BrNO5S. The number of carbonyl (C=O) groups is 2. The zero-order valence-electron chi connectivity index (χ0n) is 19.6. The van der Waals surface area contributed by atoms with Crippen LogP contribution in [0.4, 0.5) is 5.00 Å². The first-order valence-corrected chi connectivity index (χ1v) is 13.0. The minimum atomic E-state index is -0.383. The molecule has 0 bridgehead atoms. The van der Waals surface area contributed by atoms with Gasteiger partial charge in [-0.25, -0.2) is 4.79 Å². The number of methoxy groups -OCH3 is 1. The fourth-order valence-electron chi connectivity index (χ4n) is 3.94. The third-order valence-corrected chi connectivity index (χ3v) is 7.34. The van der Waals surface area contributed by atoms with Crippen molar-refractivity contribution in [2.75, 3.05) is 19.0 Å². The van der Waals surface area contributed by atoms with Crippen LogP contribution in [0.3, 0.4) is 0 Å². The summed E-state index contributed by atoms with van der Waals surface area (Å²) in [6.45, 7) is 2.47. The van der Waals surface area contributed by atoms with Crippen LogP contribution < -0.4 is 14.8 Å². The number of benzene rings is 2. The van der Waals surface area contributed by atoms with Crippen LogP contribution in [0.1, 0.15) is 45.3 Å². The molecule has 1 aromatic heterocycles. The van der Waals surface area contributed by atoms with Crippen molar-refractivity contribution in [2.45, 2.75) is 32.8 Å². The minimum Gasteiger partial charge on any atom is -0.493 e. The van der Waals surface area contributed by atoms with Gasteiger partial charge in [0.25, 0.3) is 0 Å². The number of carbonyl (C=O) groups excluding carboxylic acids is 2. The quantitative estimate of drug-likeness (QED) is 0.243. The van der Waals surface area contributed by atoms with E-state index >= 15 is 0 Å². The number of hydrogen-bond donors (Lipinski definition) is 1. The van der Waals surface area contributed by atoms with Gasteiger partial charge in [-0.1, -0.05) is 30.3 Å². The predicted octanol–water partition coefficient (Wildman–Crippen LogP) is 6.42. The van der Waals surface area contributed by atoms with E-state index in [1.165, 1.54) is 17.4 Å². The number of anilines is 1. The van der Waals surface area contributed by atoms with Crippen molar-refractivity contribution >= 4 is 50.2 Å². The van der Waals surface area contributed by atoms with Crippen LogP contribution in [0.2, 0.25) is 0 Å². The van der Waals surface area contributed by atoms with Crippen molar-refractivity contribution in [3.8, 4) is 11.5 Å². The highest BCUT2D eigenvalue weighted by Gasteiger charge is 2.28. The first-order chi connectivity index (χ1) is 17.0. The average molecular weight is 556 g/mol. The summed E-state index contributed by atoms with van der Waals surface area (Å²) < 4.78 is 17.4. The Morgan fingerprint density at radius 2 is 1.97 bits per heavy atom. The van der Waals surface area contributed by atoms with Crippen molar-refractivity contribution in [3.05, 3.63) is 80.1 Å². The van der Waals surface area contributed by atoms with Crippen LogP contribution in [-0.4, -0.2) is 25.6 Å². The second-order valence-corrected chi connectivity index (χ2v) is 9.87. The lowest BCUT2D eigenvalue weighted by Crippen LogP contribution is -2.13. The topological polar surface area (TPSA) is 73.9 Å². The van der Waals surface area contributed by atoms with Crippen LogP contribution in [-0.2, 0) is 29.0 Å². The number of amides is 1. The highest BCUT2D eigenvalue weighted by Crippen LogP contribution is 2.40. The monoisotopic (exact) mass is 555 g/mol. The second-order valence-electron chi connectivity index (χ2n) is 7.91. The van der Waals surface area contributed by atoms with Crippen molar-refractivity contribution < 1.29 is 23.8 Å². The van der Waals surface area contributed by atoms with Gasteiger partial charge in [0.1, 0.15) is 11.6 Å². The lowest BCUT2D eigenvalue weighted by atomic mass is 10.1. The summed E-state index contributed by atoms with van der Waals surface area (Å²) >= 11 is 5.01. The van der Waals surface area contributed by atoms with Gasteiger partial charge in [0.15, 0.2) is 11.5 Å². The molecule has 8 heteroatoms. The summed E-state index contributed by atoms with van der Waals surface area (Å²) in [6.07, 6.45) is 5.90. The van der Waals surface area contributed by atoms with Gasteiger partial charge in [-0.05, 0) is 77.0 Å². The molecule has 182 valence electrons. The van der Waals surface area contributed by atoms with E-state index in [0.29, 0.717) is 39.8 Å². The Hall–Kier alpha value is -3.10. The highest BCUT2D eigenvalue weighted by molar-refractivity contribution is 9.10. The number of fused-ring (bicyclic) bond motifs is 1. The summed E-state index contributed by atoms with van der Waals surface area (Å²) in [4.78, 5) is 26.4. The van der Waals surface area contributed by atoms with Crippen molar-refractivity contribution in [1.29, 1.82) is 0 Å². The third-order valence-electron chi connectivity index (χ3n) is 5.54. The van der Waals surface area contributed by atoms with E-state index in [1.807, 2.05) is 36.4 Å². The van der Waals surface area contributed by atoms with Crippen molar-refractivity contribution in [1.82, 2.24) is 0 Å². The van der Waals surface area contributed by atoms with E-state index in [1.54, 1.807) is 26.2 Å². The van der Waals surface area contributed by atoms with E-state index in [9.17, 15) is 9.59 Å². The molecule has 0 spiro atoms. The minimum absolute atomic E-state index is 0.290. The van der Waals surface area contributed by atoms with Gasteiger partial charge in [0.2, 0.25) is 5.91 Å². The van der Waals surface area contributed by atoms with Crippen molar-refractivity contribution in [3.63, 3.8) is 0 Å². The van der Waals surface area contributed by atoms with Gasteiger partial charge in [-0.2, -0.15) is 0 Å². The molecule has 1 N–H and O–H groups in total. The van der Waals surface area contributed by atoms with Gasteiger partial charge < -0.3 is 19.5 Å². The third kappa shape index (κ3) is 5.94. The van der Waals surface area contributed by atoms with Gasteiger partial charge in [-0.3, -0.25) is 4.79 Å². The Bertz CT molecular complexity index is 1250. The van der Waals surface area contributed by atoms with E-state index in [0.717, 1.165) is 40.8 Å². The smallest absolute Gasteiger partial charge is 0.341 e. The van der Waals surface area contributed by atoms with Crippen LogP contribution >= 0.6 is 27.3 Å². The lowest BCUT2D eigenvalue weighted by Gasteiger charge is -2.13. The fraction of sp³-hybridized carbons (Fsp3) is 0.259. The number of ether oxygens (including phenoxy) is 3. The number of hydrogen-bond acceptors (Lipinski definition) is 6. The number of thiophene rings is 1. The number of nitrogens with one attached hydrogen (secondary N) is 1. The maximum atomic E-state index is 12.7. The first kappa shape index (κ1) is 25.0. The Balaban J connectivity index is 1.48.